The van der Waals surface area contributed by atoms with E-state index in [4.69, 9.17) is 0 Å². The molecule has 0 bridgehead atoms. The molecule has 1 aromatic heterocycles. The Morgan fingerprint density at radius 2 is 1.68 bits per heavy atom. The van der Waals surface area contributed by atoms with Crippen molar-refractivity contribution in [1.82, 2.24) is 14.6 Å². The topological polar surface area (TPSA) is 82.6 Å². The third kappa shape index (κ3) is 6.47. The number of alkyl halides is 3. The van der Waals surface area contributed by atoms with Crippen molar-refractivity contribution < 1.29 is 26.4 Å². The van der Waals surface area contributed by atoms with Crippen molar-refractivity contribution >= 4 is 21.7 Å². The number of anilines is 1. The van der Waals surface area contributed by atoms with Crippen LogP contribution in [-0.2, 0) is 21.0 Å². The SMILES string of the molecule is Cc1ccc(S(=O)(=O)NC(CC(C)C)C(=O)N2CCN(c3ccc(C(F)(F)F)cn3)CC2)cc1. The Bertz CT molecular complexity index is 1080. The number of hydrogen-bond acceptors (Lipinski definition) is 5. The number of amides is 1. The van der Waals surface area contributed by atoms with Crippen LogP contribution in [0, 0.1) is 12.8 Å². The van der Waals surface area contributed by atoms with Gasteiger partial charge in [-0.1, -0.05) is 31.5 Å². The van der Waals surface area contributed by atoms with Gasteiger partial charge in [-0.15, -0.1) is 0 Å². The van der Waals surface area contributed by atoms with Crippen LogP contribution in [0.1, 0.15) is 31.4 Å². The zero-order chi connectivity index (χ0) is 25.1. The van der Waals surface area contributed by atoms with Crippen molar-refractivity contribution in [1.29, 1.82) is 0 Å². The highest BCUT2D eigenvalue weighted by atomic mass is 32.2. The highest BCUT2D eigenvalue weighted by Crippen LogP contribution is 2.29. The van der Waals surface area contributed by atoms with Crippen LogP contribution in [0.4, 0.5) is 19.0 Å². The first-order chi connectivity index (χ1) is 15.9. The smallest absolute Gasteiger partial charge is 0.353 e. The van der Waals surface area contributed by atoms with E-state index in [1.54, 1.807) is 21.9 Å². The second-order valence-corrected chi connectivity index (χ2v) is 10.5. The molecule has 7 nitrogen and oxygen atoms in total. The molecule has 1 fully saturated rings. The molecule has 11 heteroatoms. The maximum Gasteiger partial charge on any atom is 0.417 e. The minimum atomic E-state index is -4.45. The molecule has 0 saturated carbocycles. The predicted octanol–water partition coefficient (Wildman–Crippen LogP) is 3.45. The highest BCUT2D eigenvalue weighted by molar-refractivity contribution is 7.89. The van der Waals surface area contributed by atoms with Crippen molar-refractivity contribution in [2.24, 2.45) is 5.92 Å². The van der Waals surface area contributed by atoms with Gasteiger partial charge >= 0.3 is 6.18 Å². The first-order valence-electron chi connectivity index (χ1n) is 11.0. The Hall–Kier alpha value is -2.66. The number of piperazine rings is 1. The van der Waals surface area contributed by atoms with Gasteiger partial charge < -0.3 is 9.80 Å². The lowest BCUT2D eigenvalue weighted by molar-refractivity contribution is -0.138. The summed E-state index contributed by atoms with van der Waals surface area (Å²) in [5.41, 5.74) is 0.108. The molecule has 0 aliphatic carbocycles. The number of sulfonamides is 1. The van der Waals surface area contributed by atoms with Crippen molar-refractivity contribution in [2.45, 2.75) is 44.3 Å². The van der Waals surface area contributed by atoms with Crippen LogP contribution in [0.3, 0.4) is 0 Å². The molecule has 3 rings (SSSR count). The molecule has 186 valence electrons. The van der Waals surface area contributed by atoms with Gasteiger partial charge in [-0.25, -0.2) is 13.4 Å². The molecule has 1 amide bonds. The van der Waals surface area contributed by atoms with Crippen LogP contribution in [-0.4, -0.2) is 56.4 Å². The van der Waals surface area contributed by atoms with E-state index in [9.17, 15) is 26.4 Å². The number of aromatic nitrogens is 1. The fraction of sp³-hybridized carbons (Fsp3) is 0.478. The summed E-state index contributed by atoms with van der Waals surface area (Å²) in [6.45, 7) is 7.05. The fourth-order valence-electron chi connectivity index (χ4n) is 3.76. The van der Waals surface area contributed by atoms with E-state index in [1.807, 2.05) is 20.8 Å². The largest absolute Gasteiger partial charge is 0.417 e. The first-order valence-corrected chi connectivity index (χ1v) is 12.5. The standard InChI is InChI=1S/C23H29F3N4O3S/c1-16(2)14-20(28-34(32,33)19-7-4-17(3)5-8-19)22(31)30-12-10-29(11-13-30)21-9-6-18(15-27-21)23(24,25)26/h4-9,15-16,20,28H,10-14H2,1-3H3. The number of benzene rings is 1. The highest BCUT2D eigenvalue weighted by Gasteiger charge is 2.33. The van der Waals surface area contributed by atoms with Crippen LogP contribution in [0.25, 0.3) is 0 Å². The van der Waals surface area contributed by atoms with E-state index >= 15 is 0 Å². The summed E-state index contributed by atoms with van der Waals surface area (Å²) in [5.74, 6) is 0.163. The van der Waals surface area contributed by atoms with E-state index in [1.165, 1.54) is 18.2 Å². The Morgan fingerprint density at radius 1 is 1.06 bits per heavy atom. The van der Waals surface area contributed by atoms with E-state index in [0.29, 0.717) is 38.4 Å². The Balaban J connectivity index is 1.67. The zero-order valence-electron chi connectivity index (χ0n) is 19.3. The van der Waals surface area contributed by atoms with E-state index < -0.39 is 27.8 Å². The third-order valence-corrected chi connectivity index (χ3v) is 7.11. The van der Waals surface area contributed by atoms with Gasteiger partial charge in [0.2, 0.25) is 15.9 Å². The number of hydrogen-bond donors (Lipinski definition) is 1. The predicted molar refractivity (Wildman–Crippen MR) is 123 cm³/mol. The molecule has 2 aromatic rings. The maximum absolute atomic E-state index is 13.2. The summed E-state index contributed by atoms with van der Waals surface area (Å²) >= 11 is 0. The molecule has 1 unspecified atom stereocenters. The summed E-state index contributed by atoms with van der Waals surface area (Å²) in [6.07, 6.45) is -3.32. The summed E-state index contributed by atoms with van der Waals surface area (Å²) in [7, 11) is -3.89. The van der Waals surface area contributed by atoms with Gasteiger partial charge in [-0.05, 0) is 43.5 Å². The lowest BCUT2D eigenvalue weighted by atomic mass is 10.0. The monoisotopic (exact) mass is 498 g/mol. The van der Waals surface area contributed by atoms with Crippen LogP contribution in [0.15, 0.2) is 47.5 Å². The van der Waals surface area contributed by atoms with Gasteiger partial charge in [0.05, 0.1) is 10.5 Å². The van der Waals surface area contributed by atoms with Gasteiger partial charge in [-0.3, -0.25) is 4.79 Å². The molecule has 2 heterocycles. The van der Waals surface area contributed by atoms with Crippen LogP contribution < -0.4 is 9.62 Å². The number of carbonyl (C=O) groups is 1. The summed E-state index contributed by atoms with van der Waals surface area (Å²) < 4.78 is 66.6. The number of carbonyl (C=O) groups excluding carboxylic acids is 1. The van der Waals surface area contributed by atoms with Crippen LogP contribution in [0.5, 0.6) is 0 Å². The van der Waals surface area contributed by atoms with E-state index in [2.05, 4.69) is 9.71 Å². The Kier molecular flexibility index (Phi) is 7.87. The lowest BCUT2D eigenvalue weighted by Crippen LogP contribution is -2.55. The average Bonchev–Trinajstić information content (AvgIpc) is 2.77. The van der Waals surface area contributed by atoms with E-state index in [0.717, 1.165) is 17.8 Å². The minimum Gasteiger partial charge on any atom is -0.353 e. The summed E-state index contributed by atoms with van der Waals surface area (Å²) in [6, 6.07) is 7.79. The normalized spacial score (nSPS) is 16.1. The molecule has 1 aromatic carbocycles. The molecule has 34 heavy (non-hydrogen) atoms. The lowest BCUT2D eigenvalue weighted by Gasteiger charge is -2.37. The van der Waals surface area contributed by atoms with Crippen molar-refractivity contribution in [2.75, 3.05) is 31.1 Å². The number of pyridine rings is 1. The first kappa shape index (κ1) is 26.0. The number of nitrogens with one attached hydrogen (secondary N) is 1. The van der Waals surface area contributed by atoms with E-state index in [-0.39, 0.29) is 16.7 Å². The quantitative estimate of drug-likeness (QED) is 0.632. The molecule has 1 aliphatic rings. The van der Waals surface area contributed by atoms with Crippen LogP contribution in [0.2, 0.25) is 0 Å². The molecule has 1 aliphatic heterocycles. The molecule has 1 N–H and O–H groups in total. The second kappa shape index (κ2) is 10.3. The molecule has 1 atom stereocenters. The van der Waals surface area contributed by atoms with Crippen LogP contribution >= 0.6 is 0 Å². The average molecular weight is 499 g/mol. The van der Waals surface area contributed by atoms with Gasteiger partial charge in [0.25, 0.3) is 0 Å². The second-order valence-electron chi connectivity index (χ2n) is 8.83. The molecule has 0 radical (unpaired) electrons. The van der Waals surface area contributed by atoms with Gasteiger partial charge in [0.1, 0.15) is 11.9 Å². The Labute approximate surface area is 198 Å². The van der Waals surface area contributed by atoms with Crippen molar-refractivity contribution in [3.63, 3.8) is 0 Å². The van der Waals surface area contributed by atoms with Gasteiger partial charge in [0.15, 0.2) is 0 Å². The minimum absolute atomic E-state index is 0.0762. The number of halogens is 3. The van der Waals surface area contributed by atoms with Gasteiger partial charge in [0, 0.05) is 32.4 Å². The third-order valence-electron chi connectivity index (χ3n) is 5.62. The molecule has 0 spiro atoms. The number of aryl methyl sites for hydroxylation is 1. The fourth-order valence-corrected chi connectivity index (χ4v) is 4.96. The molecular formula is C23H29F3N4O3S. The molecular weight excluding hydrogens is 469 g/mol. The van der Waals surface area contributed by atoms with Crippen molar-refractivity contribution in [3.8, 4) is 0 Å². The summed E-state index contributed by atoms with van der Waals surface area (Å²) in [5, 5.41) is 0. The number of rotatable bonds is 7. The zero-order valence-corrected chi connectivity index (χ0v) is 20.2. The Morgan fingerprint density at radius 3 is 2.18 bits per heavy atom. The van der Waals surface area contributed by atoms with Crippen molar-refractivity contribution in [3.05, 3.63) is 53.7 Å². The van der Waals surface area contributed by atoms with Gasteiger partial charge in [-0.2, -0.15) is 17.9 Å². The number of nitrogens with zero attached hydrogens (tertiary/aromatic N) is 3. The summed E-state index contributed by atoms with van der Waals surface area (Å²) in [4.78, 5) is 20.6. The molecule has 1 saturated heterocycles. The maximum atomic E-state index is 13.2.